The number of aromatic amines is 1. The lowest BCUT2D eigenvalue weighted by molar-refractivity contribution is 0.112. The quantitative estimate of drug-likeness (QED) is 0.807. The highest BCUT2D eigenvalue weighted by Crippen LogP contribution is 2.12. The minimum Gasteiger partial charge on any atom is -0.380 e. The SMILES string of the molecule is Cc1cc(NCc2ccccc2)c(C=O)c(=O)[nH]1. The molecule has 0 unspecified atom stereocenters. The number of anilines is 1. The Hall–Kier alpha value is -2.36. The van der Waals surface area contributed by atoms with Crippen molar-refractivity contribution in [2.45, 2.75) is 13.5 Å². The van der Waals surface area contributed by atoms with E-state index in [-0.39, 0.29) is 11.1 Å². The van der Waals surface area contributed by atoms with Gasteiger partial charge >= 0.3 is 0 Å². The molecule has 2 aromatic rings. The van der Waals surface area contributed by atoms with E-state index in [9.17, 15) is 9.59 Å². The van der Waals surface area contributed by atoms with Gasteiger partial charge in [0.25, 0.3) is 5.56 Å². The maximum atomic E-state index is 11.6. The second-order valence-corrected chi connectivity index (χ2v) is 4.07. The van der Waals surface area contributed by atoms with Crippen molar-refractivity contribution in [3.8, 4) is 0 Å². The molecule has 1 heterocycles. The number of aldehydes is 1. The summed E-state index contributed by atoms with van der Waals surface area (Å²) in [6.45, 7) is 2.36. The van der Waals surface area contributed by atoms with Crippen molar-refractivity contribution in [2.75, 3.05) is 5.32 Å². The summed E-state index contributed by atoms with van der Waals surface area (Å²) >= 11 is 0. The number of aryl methyl sites for hydroxylation is 1. The van der Waals surface area contributed by atoms with Gasteiger partial charge in [0.1, 0.15) is 5.56 Å². The van der Waals surface area contributed by atoms with E-state index in [1.165, 1.54) is 0 Å². The lowest BCUT2D eigenvalue weighted by Crippen LogP contribution is -2.16. The van der Waals surface area contributed by atoms with Gasteiger partial charge in [-0.2, -0.15) is 0 Å². The average Bonchev–Trinajstić information content (AvgIpc) is 2.37. The minimum atomic E-state index is -0.361. The first-order valence-corrected chi connectivity index (χ1v) is 5.67. The van der Waals surface area contributed by atoms with Crippen LogP contribution in [0.15, 0.2) is 41.2 Å². The Morgan fingerprint density at radius 2 is 2.00 bits per heavy atom. The van der Waals surface area contributed by atoms with Crippen molar-refractivity contribution >= 4 is 12.0 Å². The van der Waals surface area contributed by atoms with Crippen LogP contribution in [0, 0.1) is 6.92 Å². The molecule has 18 heavy (non-hydrogen) atoms. The maximum absolute atomic E-state index is 11.6. The van der Waals surface area contributed by atoms with Crippen molar-refractivity contribution < 1.29 is 4.79 Å². The molecule has 92 valence electrons. The highest BCUT2D eigenvalue weighted by molar-refractivity contribution is 5.83. The van der Waals surface area contributed by atoms with Crippen molar-refractivity contribution in [1.82, 2.24) is 4.98 Å². The van der Waals surface area contributed by atoms with E-state index >= 15 is 0 Å². The second kappa shape index (κ2) is 5.31. The normalized spacial score (nSPS) is 10.1. The Morgan fingerprint density at radius 3 is 2.67 bits per heavy atom. The van der Waals surface area contributed by atoms with Crippen LogP contribution in [-0.2, 0) is 6.54 Å². The monoisotopic (exact) mass is 242 g/mol. The third-order valence-electron chi connectivity index (χ3n) is 2.65. The molecule has 4 heteroatoms. The van der Waals surface area contributed by atoms with E-state index in [1.54, 1.807) is 13.0 Å². The Kier molecular flexibility index (Phi) is 3.57. The van der Waals surface area contributed by atoms with Crippen molar-refractivity contribution in [3.63, 3.8) is 0 Å². The molecule has 0 amide bonds. The van der Waals surface area contributed by atoms with Crippen LogP contribution < -0.4 is 10.9 Å². The maximum Gasteiger partial charge on any atom is 0.260 e. The Labute approximate surface area is 105 Å². The predicted octanol–water partition coefficient (Wildman–Crippen LogP) is 2.11. The summed E-state index contributed by atoms with van der Waals surface area (Å²) in [4.78, 5) is 25.1. The van der Waals surface area contributed by atoms with Gasteiger partial charge in [0.05, 0.1) is 5.69 Å². The number of rotatable bonds is 4. The van der Waals surface area contributed by atoms with Crippen molar-refractivity contribution in [2.24, 2.45) is 0 Å². The summed E-state index contributed by atoms with van der Waals surface area (Å²) in [5.74, 6) is 0. The zero-order valence-electron chi connectivity index (χ0n) is 10.1. The van der Waals surface area contributed by atoms with Crippen LogP contribution >= 0.6 is 0 Å². The molecule has 0 saturated carbocycles. The van der Waals surface area contributed by atoms with Gasteiger partial charge in [-0.05, 0) is 18.6 Å². The van der Waals surface area contributed by atoms with E-state index in [1.807, 2.05) is 30.3 Å². The van der Waals surface area contributed by atoms with Crippen LogP contribution in [0.1, 0.15) is 21.6 Å². The summed E-state index contributed by atoms with van der Waals surface area (Å²) in [5, 5.41) is 3.11. The van der Waals surface area contributed by atoms with E-state index in [0.29, 0.717) is 18.5 Å². The van der Waals surface area contributed by atoms with E-state index in [4.69, 9.17) is 0 Å². The molecule has 4 nitrogen and oxygen atoms in total. The molecule has 1 aromatic heterocycles. The first kappa shape index (κ1) is 12.1. The molecular formula is C14H14N2O2. The number of hydrogen-bond acceptors (Lipinski definition) is 3. The van der Waals surface area contributed by atoms with Crippen LogP contribution in [0.3, 0.4) is 0 Å². The summed E-state index contributed by atoms with van der Waals surface area (Å²) < 4.78 is 0. The molecule has 0 bridgehead atoms. The van der Waals surface area contributed by atoms with Gasteiger partial charge < -0.3 is 10.3 Å². The molecule has 0 aliphatic rings. The molecular weight excluding hydrogens is 228 g/mol. The molecule has 1 aromatic carbocycles. The van der Waals surface area contributed by atoms with E-state index in [2.05, 4.69) is 10.3 Å². The molecule has 0 aliphatic heterocycles. The molecule has 0 radical (unpaired) electrons. The van der Waals surface area contributed by atoms with Crippen molar-refractivity contribution in [3.05, 3.63) is 63.6 Å². The summed E-state index contributed by atoms with van der Waals surface area (Å²) in [5.41, 5.74) is 2.15. The van der Waals surface area contributed by atoms with Crippen LogP contribution in [0.25, 0.3) is 0 Å². The van der Waals surface area contributed by atoms with Gasteiger partial charge in [-0.3, -0.25) is 9.59 Å². The second-order valence-electron chi connectivity index (χ2n) is 4.07. The smallest absolute Gasteiger partial charge is 0.260 e. The van der Waals surface area contributed by atoms with Crippen LogP contribution in [0.5, 0.6) is 0 Å². The Morgan fingerprint density at radius 1 is 1.28 bits per heavy atom. The molecule has 0 spiro atoms. The zero-order valence-corrected chi connectivity index (χ0v) is 10.1. The summed E-state index contributed by atoms with van der Waals surface area (Å²) in [6.07, 6.45) is 0.575. The first-order chi connectivity index (χ1) is 8.70. The molecule has 2 N–H and O–H groups in total. The number of benzene rings is 1. The largest absolute Gasteiger partial charge is 0.380 e. The molecule has 0 fully saturated rings. The van der Waals surface area contributed by atoms with Gasteiger partial charge in [-0.1, -0.05) is 30.3 Å². The highest BCUT2D eigenvalue weighted by atomic mass is 16.1. The van der Waals surface area contributed by atoms with E-state index in [0.717, 1.165) is 11.3 Å². The van der Waals surface area contributed by atoms with Gasteiger partial charge in [0, 0.05) is 12.2 Å². The fourth-order valence-corrected chi connectivity index (χ4v) is 1.76. The van der Waals surface area contributed by atoms with Gasteiger partial charge in [-0.25, -0.2) is 0 Å². The molecule has 0 aliphatic carbocycles. The third-order valence-corrected chi connectivity index (χ3v) is 2.65. The third kappa shape index (κ3) is 2.66. The van der Waals surface area contributed by atoms with Crippen LogP contribution in [0.4, 0.5) is 5.69 Å². The number of carbonyl (C=O) groups is 1. The van der Waals surface area contributed by atoms with Gasteiger partial charge in [-0.15, -0.1) is 0 Å². The topological polar surface area (TPSA) is 62.0 Å². The lowest BCUT2D eigenvalue weighted by atomic mass is 10.2. The number of nitrogens with one attached hydrogen (secondary N) is 2. The molecule has 0 saturated heterocycles. The van der Waals surface area contributed by atoms with Crippen molar-refractivity contribution in [1.29, 1.82) is 0 Å². The fourth-order valence-electron chi connectivity index (χ4n) is 1.76. The zero-order chi connectivity index (χ0) is 13.0. The average molecular weight is 242 g/mol. The van der Waals surface area contributed by atoms with Crippen LogP contribution in [-0.4, -0.2) is 11.3 Å². The minimum absolute atomic E-state index is 0.136. The summed E-state index contributed by atoms with van der Waals surface area (Å²) in [6, 6.07) is 11.6. The summed E-state index contributed by atoms with van der Waals surface area (Å²) in [7, 11) is 0. The Balaban J connectivity index is 2.24. The predicted molar refractivity (Wildman–Crippen MR) is 71.0 cm³/mol. The molecule has 0 atom stereocenters. The van der Waals surface area contributed by atoms with Crippen LogP contribution in [0.2, 0.25) is 0 Å². The number of H-pyrrole nitrogens is 1. The van der Waals surface area contributed by atoms with Gasteiger partial charge in [0.15, 0.2) is 6.29 Å². The molecule has 2 rings (SSSR count). The fraction of sp³-hybridized carbons (Fsp3) is 0.143. The van der Waals surface area contributed by atoms with E-state index < -0.39 is 0 Å². The Bertz CT molecular complexity index is 603. The number of pyridine rings is 1. The first-order valence-electron chi connectivity index (χ1n) is 5.67. The standard InChI is InChI=1S/C14H14N2O2/c1-10-7-13(12(9-17)14(18)16-10)15-8-11-5-3-2-4-6-11/h2-7,9H,8H2,1H3,(H2,15,16,18). The number of hydrogen-bond donors (Lipinski definition) is 2. The highest BCUT2D eigenvalue weighted by Gasteiger charge is 2.06. The van der Waals surface area contributed by atoms with Gasteiger partial charge in [0.2, 0.25) is 0 Å². The number of aromatic nitrogens is 1. The lowest BCUT2D eigenvalue weighted by Gasteiger charge is -2.09. The number of carbonyl (C=O) groups excluding carboxylic acids is 1.